The fraction of sp³-hybridized carbons (Fsp3) is 0.515. The van der Waals surface area contributed by atoms with E-state index in [1.807, 2.05) is 116 Å². The van der Waals surface area contributed by atoms with Crippen LogP contribution >= 0.6 is 63.7 Å². The molecule has 3 N–H and O–H groups in total. The molecule has 11 rings (SSSR count). The molecule has 0 saturated carbocycles. The average molecular weight is 1430 g/mol. The summed E-state index contributed by atoms with van der Waals surface area (Å²) in [7, 11) is -0.384. The number of aliphatic hydroxyl groups is 1. The van der Waals surface area contributed by atoms with E-state index >= 15 is 0 Å². The van der Waals surface area contributed by atoms with Crippen LogP contribution in [0.15, 0.2) is 114 Å². The molecule has 2 amide bonds. The molecule has 464 valence electrons. The number of Topliss-reactive ketones (excluding diaryl/α,β-unsaturated/α-hetero) is 1. The summed E-state index contributed by atoms with van der Waals surface area (Å²) in [5, 5.41) is 19.5. The fourth-order valence-electron chi connectivity index (χ4n) is 11.4. The zero-order chi connectivity index (χ0) is 63.1. The van der Waals surface area contributed by atoms with E-state index in [0.29, 0.717) is 6.42 Å². The number of ketones is 1. The topological polar surface area (TPSA) is 181 Å². The van der Waals surface area contributed by atoms with Gasteiger partial charge >= 0.3 is 19.3 Å². The molecule has 0 unspecified atom stereocenters. The third-order valence-corrected chi connectivity index (χ3v) is 19.1. The number of ether oxygens (including phenoxy) is 2. The van der Waals surface area contributed by atoms with Crippen LogP contribution in [0, 0.1) is 0 Å². The van der Waals surface area contributed by atoms with Crippen molar-refractivity contribution in [3.8, 4) is 0 Å². The summed E-state index contributed by atoms with van der Waals surface area (Å²) in [5.74, 6) is 0.289. The predicted molar refractivity (Wildman–Crippen MR) is 360 cm³/mol. The molecule has 0 spiro atoms. The number of alkyl carbamates (subject to hydrolysis) is 2. The van der Waals surface area contributed by atoms with Crippen molar-refractivity contribution < 1.29 is 38.3 Å². The summed E-state index contributed by atoms with van der Waals surface area (Å²) in [4.78, 5) is 38.5. The van der Waals surface area contributed by atoms with Gasteiger partial charge in [0.05, 0.1) is 35.4 Å². The van der Waals surface area contributed by atoms with Gasteiger partial charge in [-0.25, -0.2) is 9.59 Å². The molecule has 5 aromatic carbocycles. The SMILES string of the molecule is CC.CC(C)(C)OC(=O)N[C@@H]1CCCc2c(B3OC(C)(C)C(C)(C)O3)cccc21.CC(C)(C)OC(=O)N[C@@H]1CCCc2c(Br)cccc21.O=C1CCCc2c(Br)cccc21.O[C@H]1CCCc2c(Br)cccc21.[N-]=[N+]=N[C@@H]1CCCc2c(Br)cccc21. The lowest BCUT2D eigenvalue weighted by atomic mass is 9.71. The number of amides is 2. The third-order valence-electron chi connectivity index (χ3n) is 16.2. The molecule has 13 nitrogen and oxygen atoms in total. The minimum absolute atomic E-state index is 0.0289. The summed E-state index contributed by atoms with van der Waals surface area (Å²) in [6.45, 7) is 23.5. The van der Waals surface area contributed by atoms with Crippen LogP contribution in [0.2, 0.25) is 0 Å². The Morgan fingerprint density at radius 2 is 0.965 bits per heavy atom. The number of hydrogen-bond acceptors (Lipinski definition) is 9. The molecule has 1 fully saturated rings. The van der Waals surface area contributed by atoms with E-state index in [2.05, 4.69) is 142 Å². The van der Waals surface area contributed by atoms with Crippen molar-refractivity contribution in [2.24, 2.45) is 5.11 Å². The van der Waals surface area contributed by atoms with E-state index in [1.165, 1.54) is 38.9 Å². The van der Waals surface area contributed by atoms with E-state index in [1.54, 1.807) is 0 Å². The van der Waals surface area contributed by atoms with Gasteiger partial charge in [0.25, 0.3) is 0 Å². The van der Waals surface area contributed by atoms with Crippen molar-refractivity contribution in [1.82, 2.24) is 10.6 Å². The van der Waals surface area contributed by atoms with E-state index < -0.39 is 11.2 Å². The maximum absolute atomic E-state index is 12.3. The number of aliphatic hydroxyl groups excluding tert-OH is 1. The number of carbonyl (C=O) groups is 3. The second-order valence-corrected chi connectivity index (χ2v) is 28.6. The second-order valence-electron chi connectivity index (χ2n) is 25.2. The highest BCUT2D eigenvalue weighted by atomic mass is 79.9. The molecular formula is C68H88BBr4N5O8. The van der Waals surface area contributed by atoms with Gasteiger partial charge in [0.15, 0.2) is 5.78 Å². The normalized spacial score (nSPS) is 20.1. The molecule has 6 aliphatic rings. The summed E-state index contributed by atoms with van der Waals surface area (Å²) < 4.78 is 27.8. The Kier molecular flexibility index (Phi) is 26.1. The highest BCUT2D eigenvalue weighted by molar-refractivity contribution is 9.11. The van der Waals surface area contributed by atoms with Crippen LogP contribution in [0.1, 0.15) is 232 Å². The van der Waals surface area contributed by atoms with Crippen LogP contribution in [0.5, 0.6) is 0 Å². The first kappa shape index (κ1) is 70.6. The quantitative estimate of drug-likeness (QED) is 0.0688. The smallest absolute Gasteiger partial charge is 0.444 e. The first-order valence-electron chi connectivity index (χ1n) is 30.5. The maximum atomic E-state index is 12.3. The summed E-state index contributed by atoms with van der Waals surface area (Å²) in [6, 6.07) is 30.3. The van der Waals surface area contributed by atoms with Crippen LogP contribution in [0.4, 0.5) is 9.59 Å². The number of carbonyl (C=O) groups excluding carboxylic acids is 3. The molecule has 1 aliphatic heterocycles. The van der Waals surface area contributed by atoms with Crippen molar-refractivity contribution >= 4 is 94.3 Å². The molecule has 1 saturated heterocycles. The van der Waals surface area contributed by atoms with Gasteiger partial charge in [0.1, 0.15) is 11.2 Å². The van der Waals surface area contributed by atoms with Crippen molar-refractivity contribution in [3.05, 3.63) is 175 Å². The Hall–Kier alpha value is -4.52. The molecule has 5 aromatic rings. The molecule has 18 heteroatoms. The number of halogens is 4. The van der Waals surface area contributed by atoms with E-state index in [4.69, 9.17) is 24.3 Å². The van der Waals surface area contributed by atoms with Gasteiger partial charge in [0, 0.05) is 34.8 Å². The van der Waals surface area contributed by atoms with Gasteiger partial charge in [-0.1, -0.05) is 149 Å². The zero-order valence-electron chi connectivity index (χ0n) is 52.3. The standard InChI is InChI=1S/C21H32BNO4.C15H20BrNO2.C10H10BrN3.C10H11BrO.C10H9BrO.C2H6/c1-19(2,3)25-18(24)23-17-13-9-10-14-15(17)11-8-12-16(14)22-26-20(4,5)21(6,7)27-22;1-15(2,3)19-14(18)17-13-9-5-6-10-11(13)7-4-8-12(10)16;11-9-5-1-4-8-7(9)3-2-6-10(8)13-14-12;2*11-9-5-1-4-8-7(9)3-2-6-10(8)12;1-2/h8,11-12,17H,9-10,13H2,1-7H3,(H,23,24);4,7-8,13H,5-6,9H2,1-3H3,(H,17,18);1,4-5,10H,2-3,6H2;1,4-5,10,12H,2-3,6H2;1,4-5H,2-3,6H2;1-2H3/t17-;13-;2*10-;;/m1110../s1. The lowest BCUT2D eigenvalue weighted by Gasteiger charge is -2.32. The molecule has 5 aliphatic carbocycles. The van der Waals surface area contributed by atoms with Crippen molar-refractivity contribution in [3.63, 3.8) is 0 Å². The Morgan fingerprint density at radius 1 is 0.570 bits per heavy atom. The highest BCUT2D eigenvalue weighted by Gasteiger charge is 2.52. The minimum Gasteiger partial charge on any atom is -0.444 e. The first-order valence-corrected chi connectivity index (χ1v) is 33.6. The zero-order valence-corrected chi connectivity index (χ0v) is 58.7. The van der Waals surface area contributed by atoms with Gasteiger partial charge in [-0.3, -0.25) is 4.79 Å². The number of rotatable bonds is 4. The van der Waals surface area contributed by atoms with Crippen molar-refractivity contribution in [2.45, 2.75) is 226 Å². The highest BCUT2D eigenvalue weighted by Crippen LogP contribution is 2.40. The van der Waals surface area contributed by atoms with E-state index in [9.17, 15) is 19.5 Å². The summed E-state index contributed by atoms with van der Waals surface area (Å²) in [6.07, 6.45) is 14.0. The van der Waals surface area contributed by atoms with Crippen LogP contribution < -0.4 is 16.1 Å². The average Bonchev–Trinajstić information content (AvgIpc) is 1.67. The first-order chi connectivity index (χ1) is 40.7. The van der Waals surface area contributed by atoms with E-state index in [-0.39, 0.29) is 60.5 Å². The second kappa shape index (κ2) is 31.8. The Balaban J connectivity index is 0.000000177. The molecule has 0 aromatic heterocycles. The van der Waals surface area contributed by atoms with Crippen LogP contribution in [0.3, 0.4) is 0 Å². The number of benzene rings is 5. The number of hydrogen-bond donors (Lipinski definition) is 3. The number of fused-ring (bicyclic) bond motifs is 5. The van der Waals surface area contributed by atoms with Crippen LogP contribution in [0.25, 0.3) is 10.4 Å². The van der Waals surface area contributed by atoms with Gasteiger partial charge in [-0.2, -0.15) is 0 Å². The lowest BCUT2D eigenvalue weighted by molar-refractivity contribution is 0.00578. The molecular weight excluding hydrogens is 1350 g/mol. The third kappa shape index (κ3) is 19.2. The summed E-state index contributed by atoms with van der Waals surface area (Å²) in [5.41, 5.74) is 19.7. The van der Waals surface area contributed by atoms with Gasteiger partial charge in [-0.15, -0.1) is 0 Å². The van der Waals surface area contributed by atoms with Crippen LogP contribution in [-0.2, 0) is 50.9 Å². The molecule has 1 heterocycles. The largest absolute Gasteiger partial charge is 0.495 e. The number of nitrogens with one attached hydrogen (secondary N) is 2. The molecule has 86 heavy (non-hydrogen) atoms. The fourth-order valence-corrected chi connectivity index (χ4v) is 13.7. The lowest BCUT2D eigenvalue weighted by Crippen LogP contribution is -2.41. The van der Waals surface area contributed by atoms with Gasteiger partial charge < -0.3 is 34.5 Å². The maximum Gasteiger partial charge on any atom is 0.495 e. The van der Waals surface area contributed by atoms with Crippen molar-refractivity contribution in [2.75, 3.05) is 0 Å². The Bertz CT molecular complexity index is 3180. The molecule has 0 bridgehead atoms. The van der Waals surface area contributed by atoms with Crippen molar-refractivity contribution in [1.29, 1.82) is 0 Å². The van der Waals surface area contributed by atoms with E-state index in [0.717, 1.165) is 130 Å². The number of azide groups is 1. The minimum atomic E-state index is -0.508. The van der Waals surface area contributed by atoms with Gasteiger partial charge in [0.2, 0.25) is 0 Å². The monoisotopic (exact) mass is 1430 g/mol. The Labute approximate surface area is 545 Å². The van der Waals surface area contributed by atoms with Crippen LogP contribution in [-0.4, -0.2) is 52.6 Å². The Morgan fingerprint density at radius 3 is 1.45 bits per heavy atom. The number of nitrogens with zero attached hydrogens (tertiary/aromatic N) is 3. The summed E-state index contributed by atoms with van der Waals surface area (Å²) >= 11 is 14.1. The predicted octanol–water partition coefficient (Wildman–Crippen LogP) is 19.2. The molecule has 0 radical (unpaired) electrons. The van der Waals surface area contributed by atoms with Gasteiger partial charge in [-0.05, 0) is 244 Å². The molecule has 4 atom stereocenters.